The van der Waals surface area contributed by atoms with Crippen LogP contribution in [0.5, 0.6) is 5.75 Å². The third-order valence-corrected chi connectivity index (χ3v) is 3.91. The van der Waals surface area contributed by atoms with Gasteiger partial charge in [0.25, 0.3) is 0 Å². The quantitative estimate of drug-likeness (QED) is 0.868. The first-order valence-electron chi connectivity index (χ1n) is 7.96. The topological polar surface area (TPSA) is 40.5 Å². The molecule has 0 bridgehead atoms. The van der Waals surface area contributed by atoms with Crippen molar-refractivity contribution in [2.24, 2.45) is 17.8 Å². The Morgan fingerprint density at radius 3 is 2.14 bits per heavy atom. The Kier molecular flexibility index (Phi) is 4.92. The molecule has 2 atom stereocenters. The van der Waals surface area contributed by atoms with Gasteiger partial charge in [-0.3, -0.25) is 4.79 Å². The summed E-state index contributed by atoms with van der Waals surface area (Å²) in [6, 6.07) is 7.27. The fourth-order valence-corrected chi connectivity index (χ4v) is 2.93. The van der Waals surface area contributed by atoms with Gasteiger partial charge in [0.15, 0.2) is 0 Å². The first-order chi connectivity index (χ1) is 9.88. The number of hydrogen-bond acceptors (Lipinski definition) is 2. The SMILES string of the molecule is CC(C)CN(CC(C)C)C(=O)C1CC1c1ccc(O)cc1. The maximum atomic E-state index is 12.7. The minimum Gasteiger partial charge on any atom is -0.508 e. The molecule has 1 amide bonds. The lowest BCUT2D eigenvalue weighted by atomic mass is 10.1. The molecule has 0 spiro atoms. The molecule has 2 rings (SSSR count). The van der Waals surface area contributed by atoms with Crippen LogP contribution in [0.15, 0.2) is 24.3 Å². The highest BCUT2D eigenvalue weighted by atomic mass is 16.3. The van der Waals surface area contributed by atoms with Crippen LogP contribution in [-0.4, -0.2) is 29.0 Å². The van der Waals surface area contributed by atoms with E-state index in [0.29, 0.717) is 23.7 Å². The summed E-state index contributed by atoms with van der Waals surface area (Å²) >= 11 is 0. The average Bonchev–Trinajstić information content (AvgIpc) is 3.17. The van der Waals surface area contributed by atoms with E-state index in [1.165, 1.54) is 5.56 Å². The van der Waals surface area contributed by atoms with Crippen LogP contribution < -0.4 is 0 Å². The van der Waals surface area contributed by atoms with Crippen molar-refractivity contribution in [1.82, 2.24) is 4.90 Å². The van der Waals surface area contributed by atoms with Crippen LogP contribution in [0, 0.1) is 17.8 Å². The predicted octanol–water partition coefficient (Wildman–Crippen LogP) is 3.64. The number of phenols is 1. The average molecular weight is 289 g/mol. The number of aromatic hydroxyl groups is 1. The summed E-state index contributed by atoms with van der Waals surface area (Å²) in [5.74, 6) is 2.04. The van der Waals surface area contributed by atoms with Crippen LogP contribution in [0.1, 0.15) is 45.6 Å². The van der Waals surface area contributed by atoms with E-state index >= 15 is 0 Å². The Morgan fingerprint density at radius 2 is 1.67 bits per heavy atom. The van der Waals surface area contributed by atoms with Crippen molar-refractivity contribution in [3.63, 3.8) is 0 Å². The van der Waals surface area contributed by atoms with Crippen molar-refractivity contribution in [3.8, 4) is 5.75 Å². The van der Waals surface area contributed by atoms with Gasteiger partial charge in [0.1, 0.15) is 5.75 Å². The number of benzene rings is 1. The van der Waals surface area contributed by atoms with Crippen LogP contribution in [-0.2, 0) is 4.79 Å². The van der Waals surface area contributed by atoms with E-state index in [9.17, 15) is 9.90 Å². The van der Waals surface area contributed by atoms with E-state index in [1.54, 1.807) is 12.1 Å². The summed E-state index contributed by atoms with van der Waals surface area (Å²) < 4.78 is 0. The Morgan fingerprint density at radius 1 is 1.14 bits per heavy atom. The number of rotatable bonds is 6. The van der Waals surface area contributed by atoms with Gasteiger partial charge in [-0.1, -0.05) is 39.8 Å². The van der Waals surface area contributed by atoms with Gasteiger partial charge in [-0.2, -0.15) is 0 Å². The van der Waals surface area contributed by atoms with Gasteiger partial charge >= 0.3 is 0 Å². The first-order valence-corrected chi connectivity index (χ1v) is 7.96. The Labute approximate surface area is 128 Å². The summed E-state index contributed by atoms with van der Waals surface area (Å²) in [5, 5.41) is 9.35. The lowest BCUT2D eigenvalue weighted by Gasteiger charge is -2.26. The molecule has 0 radical (unpaired) electrons. The molecule has 3 nitrogen and oxygen atoms in total. The minimum absolute atomic E-state index is 0.132. The van der Waals surface area contributed by atoms with Crippen molar-refractivity contribution in [2.45, 2.75) is 40.0 Å². The first kappa shape index (κ1) is 15.9. The van der Waals surface area contributed by atoms with Crippen LogP contribution in [0.2, 0.25) is 0 Å². The maximum Gasteiger partial charge on any atom is 0.226 e. The van der Waals surface area contributed by atoms with Crippen LogP contribution in [0.25, 0.3) is 0 Å². The third kappa shape index (κ3) is 4.23. The maximum absolute atomic E-state index is 12.7. The monoisotopic (exact) mass is 289 g/mol. The van der Waals surface area contributed by atoms with Gasteiger partial charge in [0.2, 0.25) is 5.91 Å². The molecule has 21 heavy (non-hydrogen) atoms. The molecular weight excluding hydrogens is 262 g/mol. The van der Waals surface area contributed by atoms with Crippen molar-refractivity contribution in [1.29, 1.82) is 0 Å². The van der Waals surface area contributed by atoms with Crippen LogP contribution in [0.4, 0.5) is 0 Å². The van der Waals surface area contributed by atoms with Crippen LogP contribution >= 0.6 is 0 Å². The fraction of sp³-hybridized carbons (Fsp3) is 0.611. The van der Waals surface area contributed by atoms with Gasteiger partial charge < -0.3 is 10.0 Å². The second-order valence-electron chi connectivity index (χ2n) is 7.07. The molecule has 0 aliphatic heterocycles. The molecule has 0 heterocycles. The Balaban J connectivity index is 2.00. The Hall–Kier alpha value is -1.51. The molecule has 1 saturated carbocycles. The van der Waals surface area contributed by atoms with E-state index in [0.717, 1.165) is 19.5 Å². The zero-order valence-electron chi connectivity index (χ0n) is 13.5. The summed E-state index contributed by atoms with van der Waals surface area (Å²) in [6.45, 7) is 10.3. The van der Waals surface area contributed by atoms with Crippen molar-refractivity contribution in [3.05, 3.63) is 29.8 Å². The summed E-state index contributed by atoms with van der Waals surface area (Å²) in [4.78, 5) is 14.7. The molecule has 3 heteroatoms. The molecule has 1 aromatic carbocycles. The fourth-order valence-electron chi connectivity index (χ4n) is 2.93. The third-order valence-electron chi connectivity index (χ3n) is 3.91. The number of carbonyl (C=O) groups is 1. The second kappa shape index (κ2) is 6.50. The van der Waals surface area contributed by atoms with Crippen LogP contribution in [0.3, 0.4) is 0 Å². The minimum atomic E-state index is 0.132. The number of phenolic OH excluding ortho intramolecular Hbond substituents is 1. The summed E-state index contributed by atoms with van der Waals surface area (Å²) in [6.07, 6.45) is 0.941. The van der Waals surface area contributed by atoms with E-state index in [-0.39, 0.29) is 11.7 Å². The standard InChI is InChI=1S/C18H27NO2/c1-12(2)10-19(11-13(3)4)18(21)17-9-16(17)14-5-7-15(20)8-6-14/h5-8,12-13,16-17,20H,9-11H2,1-4H3. The van der Waals surface area contributed by atoms with Gasteiger partial charge in [-0.25, -0.2) is 0 Å². The van der Waals surface area contributed by atoms with E-state index in [2.05, 4.69) is 27.7 Å². The highest BCUT2D eigenvalue weighted by Gasteiger charge is 2.45. The highest BCUT2D eigenvalue weighted by Crippen LogP contribution is 2.48. The van der Waals surface area contributed by atoms with Gasteiger partial charge in [0.05, 0.1) is 0 Å². The molecule has 1 fully saturated rings. The summed E-state index contributed by atoms with van der Waals surface area (Å²) in [5.41, 5.74) is 1.17. The molecular formula is C18H27NO2. The second-order valence-corrected chi connectivity index (χ2v) is 7.07. The van der Waals surface area contributed by atoms with E-state index in [4.69, 9.17) is 0 Å². The normalized spacial score (nSPS) is 20.9. The number of nitrogens with zero attached hydrogens (tertiary/aromatic N) is 1. The predicted molar refractivity (Wildman–Crippen MR) is 85.2 cm³/mol. The molecule has 1 aliphatic rings. The Bertz CT molecular complexity index is 468. The van der Waals surface area contributed by atoms with Gasteiger partial charge in [-0.15, -0.1) is 0 Å². The lowest BCUT2D eigenvalue weighted by molar-refractivity contribution is -0.133. The molecule has 2 unspecified atom stereocenters. The smallest absolute Gasteiger partial charge is 0.226 e. The number of amides is 1. The van der Waals surface area contributed by atoms with Crippen molar-refractivity contribution >= 4 is 5.91 Å². The van der Waals surface area contributed by atoms with E-state index < -0.39 is 0 Å². The molecule has 116 valence electrons. The van der Waals surface area contributed by atoms with E-state index in [1.807, 2.05) is 17.0 Å². The molecule has 1 N–H and O–H groups in total. The molecule has 1 aromatic rings. The molecule has 0 aromatic heterocycles. The lowest BCUT2D eigenvalue weighted by Crippen LogP contribution is -2.38. The number of carbonyl (C=O) groups excluding carboxylic acids is 1. The van der Waals surface area contributed by atoms with Crippen molar-refractivity contribution < 1.29 is 9.90 Å². The van der Waals surface area contributed by atoms with Crippen molar-refractivity contribution in [2.75, 3.05) is 13.1 Å². The van der Waals surface area contributed by atoms with Gasteiger partial charge in [0, 0.05) is 19.0 Å². The zero-order valence-corrected chi connectivity index (χ0v) is 13.5. The molecule has 0 saturated heterocycles. The largest absolute Gasteiger partial charge is 0.508 e. The highest BCUT2D eigenvalue weighted by molar-refractivity contribution is 5.83. The number of hydrogen-bond donors (Lipinski definition) is 1. The molecule has 1 aliphatic carbocycles. The summed E-state index contributed by atoms with van der Waals surface area (Å²) in [7, 11) is 0. The van der Waals surface area contributed by atoms with Gasteiger partial charge in [-0.05, 0) is 41.9 Å². The zero-order chi connectivity index (χ0) is 15.6.